The maximum Gasteiger partial charge on any atom is 0.303 e. The molecule has 1 aromatic heterocycles. The van der Waals surface area contributed by atoms with E-state index in [0.29, 0.717) is 32.2 Å². The molecule has 2 fully saturated rings. The molecule has 166 valence electrons. The van der Waals surface area contributed by atoms with Crippen LogP contribution in [-0.4, -0.2) is 50.8 Å². The van der Waals surface area contributed by atoms with Gasteiger partial charge in [-0.15, -0.1) is 11.3 Å². The summed E-state index contributed by atoms with van der Waals surface area (Å²) >= 11 is 1.44. The molecule has 2 atom stereocenters. The molecule has 3 rings (SSSR count). The van der Waals surface area contributed by atoms with Crippen LogP contribution in [0.2, 0.25) is 0 Å². The molecule has 2 heterocycles. The van der Waals surface area contributed by atoms with Gasteiger partial charge in [-0.2, -0.15) is 0 Å². The Kier molecular flexibility index (Phi) is 7.99. The monoisotopic (exact) mass is 438 g/mol. The molecule has 8 heteroatoms. The van der Waals surface area contributed by atoms with Crippen LogP contribution < -0.4 is 0 Å². The lowest BCUT2D eigenvalue weighted by molar-refractivity contribution is -0.137. The number of amides is 1. The Morgan fingerprint density at radius 1 is 1.43 bits per heavy atom. The zero-order valence-corrected chi connectivity index (χ0v) is 18.1. The predicted octanol–water partition coefficient (Wildman–Crippen LogP) is 3.88. The quantitative estimate of drug-likeness (QED) is 0.382. The molecular weight excluding hydrogens is 407 g/mol. The fourth-order valence-corrected chi connectivity index (χ4v) is 5.24. The second-order valence-electron chi connectivity index (χ2n) is 8.45. The van der Waals surface area contributed by atoms with Gasteiger partial charge in [0.1, 0.15) is 5.01 Å². The van der Waals surface area contributed by atoms with Crippen molar-refractivity contribution in [1.82, 2.24) is 9.88 Å². The Bertz CT molecular complexity index is 762. The van der Waals surface area contributed by atoms with Crippen LogP contribution in [0.5, 0.6) is 0 Å². The van der Waals surface area contributed by atoms with Crippen molar-refractivity contribution in [2.75, 3.05) is 6.67 Å². The highest BCUT2D eigenvalue weighted by Gasteiger charge is 2.42. The normalized spacial score (nSPS) is 21.9. The van der Waals surface area contributed by atoms with Crippen molar-refractivity contribution in [2.24, 2.45) is 5.41 Å². The third-order valence-corrected chi connectivity index (χ3v) is 7.31. The van der Waals surface area contributed by atoms with Gasteiger partial charge in [-0.25, -0.2) is 4.98 Å². The number of carboxylic acid groups (broad SMARTS) is 1. The first kappa shape index (κ1) is 22.9. The van der Waals surface area contributed by atoms with E-state index in [-0.39, 0.29) is 30.5 Å². The summed E-state index contributed by atoms with van der Waals surface area (Å²) in [5.41, 5.74) is 0.611. The van der Waals surface area contributed by atoms with Gasteiger partial charge in [-0.3, -0.25) is 14.0 Å². The molecule has 1 amide bonds. The summed E-state index contributed by atoms with van der Waals surface area (Å²) in [6.07, 6.45) is 10.1. The van der Waals surface area contributed by atoms with Crippen LogP contribution in [0.4, 0.5) is 4.39 Å². The minimum atomic E-state index is -0.850. The average molecular weight is 439 g/mol. The molecule has 0 aromatic carbocycles. The predicted molar refractivity (Wildman–Crippen MR) is 113 cm³/mol. The van der Waals surface area contributed by atoms with Crippen LogP contribution in [0.1, 0.15) is 68.5 Å². The number of aromatic nitrogens is 1. The smallest absolute Gasteiger partial charge is 0.303 e. The van der Waals surface area contributed by atoms with Gasteiger partial charge < -0.3 is 15.1 Å². The zero-order chi connectivity index (χ0) is 21.6. The van der Waals surface area contributed by atoms with Gasteiger partial charge in [0.25, 0.3) is 0 Å². The number of nitrogens with zero attached hydrogens (tertiary/aromatic N) is 2. The number of aryl methyl sites for hydroxylation is 1. The second kappa shape index (κ2) is 10.5. The fourth-order valence-electron chi connectivity index (χ4n) is 4.41. The number of thiazole rings is 1. The Morgan fingerprint density at radius 3 is 2.90 bits per heavy atom. The molecule has 2 aliphatic rings. The van der Waals surface area contributed by atoms with E-state index in [1.165, 1.54) is 11.3 Å². The van der Waals surface area contributed by atoms with Crippen LogP contribution in [0.25, 0.3) is 0 Å². The number of aliphatic carboxylic acids is 1. The molecule has 1 saturated carbocycles. The van der Waals surface area contributed by atoms with E-state index in [1.807, 2.05) is 17.5 Å². The molecular formula is C22H31FN2O4S. The summed E-state index contributed by atoms with van der Waals surface area (Å²) in [5, 5.41) is 22.2. The first-order valence-corrected chi connectivity index (χ1v) is 11.7. The standard InChI is InChI=1S/C22H31FN2O4S/c23-13-2-1-10-22(11-3-12-22)18(26)7-5-17-6-8-20(27)25(17)14-19-24-16(15-30-19)4-9-21(28)29/h5,7,15,17-18,26H,1-4,6,8-14H2,(H,28,29)/b7-5+/t17-,18+/m0/s1. The summed E-state index contributed by atoms with van der Waals surface area (Å²) in [7, 11) is 0. The number of aliphatic hydroxyl groups excluding tert-OH is 1. The minimum absolute atomic E-state index is 0.0438. The number of aliphatic hydroxyl groups is 1. The van der Waals surface area contributed by atoms with E-state index in [0.717, 1.165) is 42.8 Å². The topological polar surface area (TPSA) is 90.7 Å². The van der Waals surface area contributed by atoms with Gasteiger partial charge in [0, 0.05) is 18.2 Å². The summed E-state index contributed by atoms with van der Waals surface area (Å²) in [4.78, 5) is 29.4. The molecule has 0 radical (unpaired) electrons. The third kappa shape index (κ3) is 5.66. The lowest BCUT2D eigenvalue weighted by Crippen LogP contribution is -2.40. The summed E-state index contributed by atoms with van der Waals surface area (Å²) < 4.78 is 12.4. The Hall–Kier alpha value is -1.80. The number of alkyl halides is 1. The Balaban J connectivity index is 1.58. The number of carboxylic acids is 1. The molecule has 1 aliphatic heterocycles. The van der Waals surface area contributed by atoms with Crippen LogP contribution in [0.15, 0.2) is 17.5 Å². The van der Waals surface area contributed by atoms with Crippen molar-refractivity contribution in [3.63, 3.8) is 0 Å². The van der Waals surface area contributed by atoms with E-state index in [9.17, 15) is 19.1 Å². The molecule has 30 heavy (non-hydrogen) atoms. The zero-order valence-electron chi connectivity index (χ0n) is 17.3. The van der Waals surface area contributed by atoms with Crippen molar-refractivity contribution >= 4 is 23.2 Å². The maximum absolute atomic E-state index is 12.4. The number of rotatable bonds is 12. The second-order valence-corrected chi connectivity index (χ2v) is 9.39. The lowest BCUT2D eigenvalue weighted by Gasteiger charge is -2.45. The number of halogens is 1. The number of hydrogen-bond acceptors (Lipinski definition) is 5. The van der Waals surface area contributed by atoms with E-state index >= 15 is 0 Å². The Morgan fingerprint density at radius 2 is 2.23 bits per heavy atom. The third-order valence-electron chi connectivity index (χ3n) is 6.43. The van der Waals surface area contributed by atoms with Crippen LogP contribution in [0.3, 0.4) is 0 Å². The largest absolute Gasteiger partial charge is 0.481 e. The Labute approximate surface area is 180 Å². The summed E-state index contributed by atoms with van der Waals surface area (Å²) in [5.74, 6) is -0.778. The minimum Gasteiger partial charge on any atom is -0.481 e. The highest BCUT2D eigenvalue weighted by atomic mass is 32.1. The highest BCUT2D eigenvalue weighted by Crippen LogP contribution is 2.48. The van der Waals surface area contributed by atoms with Gasteiger partial charge in [0.15, 0.2) is 0 Å². The number of carbonyl (C=O) groups is 2. The number of unbranched alkanes of at least 4 members (excludes halogenated alkanes) is 1. The van der Waals surface area contributed by atoms with Crippen LogP contribution in [-0.2, 0) is 22.6 Å². The van der Waals surface area contributed by atoms with E-state index < -0.39 is 12.1 Å². The van der Waals surface area contributed by atoms with Gasteiger partial charge in [0.05, 0.1) is 37.5 Å². The average Bonchev–Trinajstić information content (AvgIpc) is 3.28. The van der Waals surface area contributed by atoms with Gasteiger partial charge in [-0.05, 0) is 37.5 Å². The molecule has 0 bridgehead atoms. The molecule has 0 unspecified atom stereocenters. The number of likely N-dealkylation sites (tertiary alicyclic amines) is 1. The van der Waals surface area contributed by atoms with Crippen molar-refractivity contribution in [3.05, 3.63) is 28.2 Å². The van der Waals surface area contributed by atoms with Crippen LogP contribution >= 0.6 is 11.3 Å². The summed E-state index contributed by atoms with van der Waals surface area (Å²) in [6, 6.07) is -0.0681. The van der Waals surface area contributed by atoms with Gasteiger partial charge >= 0.3 is 5.97 Å². The van der Waals surface area contributed by atoms with Crippen molar-refractivity contribution in [2.45, 2.75) is 82.9 Å². The SMILES string of the molecule is O=C(O)CCc1csc(CN2C(=O)CC[C@@H]2/C=C/[C@@H](O)C2(CCCCF)CCC2)n1. The van der Waals surface area contributed by atoms with Crippen molar-refractivity contribution < 1.29 is 24.2 Å². The molecule has 1 saturated heterocycles. The van der Waals surface area contributed by atoms with Gasteiger partial charge in [-0.1, -0.05) is 25.0 Å². The van der Waals surface area contributed by atoms with E-state index in [4.69, 9.17) is 5.11 Å². The first-order valence-electron chi connectivity index (χ1n) is 10.8. The molecule has 2 N–H and O–H groups in total. The highest BCUT2D eigenvalue weighted by molar-refractivity contribution is 7.09. The van der Waals surface area contributed by atoms with Crippen molar-refractivity contribution in [1.29, 1.82) is 0 Å². The van der Waals surface area contributed by atoms with Crippen LogP contribution in [0, 0.1) is 5.41 Å². The van der Waals surface area contributed by atoms with Crippen molar-refractivity contribution in [3.8, 4) is 0 Å². The molecule has 1 aliphatic carbocycles. The fraction of sp³-hybridized carbons (Fsp3) is 0.682. The summed E-state index contributed by atoms with van der Waals surface area (Å²) in [6.45, 7) is 0.0965. The molecule has 0 spiro atoms. The number of carbonyl (C=O) groups excluding carboxylic acids is 1. The molecule has 6 nitrogen and oxygen atoms in total. The maximum atomic E-state index is 12.4. The van der Waals surface area contributed by atoms with E-state index in [2.05, 4.69) is 4.98 Å². The first-order chi connectivity index (χ1) is 14.4. The van der Waals surface area contributed by atoms with Gasteiger partial charge in [0.2, 0.25) is 5.91 Å². The lowest BCUT2D eigenvalue weighted by atomic mass is 9.62. The van der Waals surface area contributed by atoms with E-state index in [1.54, 1.807) is 4.90 Å². The molecule has 1 aromatic rings. The number of hydrogen-bond donors (Lipinski definition) is 2.